The number of fused-ring (bicyclic) bond motifs is 1. The average molecular weight is 283 g/mol. The zero-order valence-electron chi connectivity index (χ0n) is 9.29. The minimum Gasteiger partial charge on any atom is -0.397 e. The van der Waals surface area contributed by atoms with Crippen LogP contribution in [-0.4, -0.2) is 12.5 Å². The Morgan fingerprint density at radius 3 is 3.00 bits per heavy atom. The monoisotopic (exact) mass is 282 g/mol. The summed E-state index contributed by atoms with van der Waals surface area (Å²) in [6.45, 7) is 2.66. The third-order valence-electron chi connectivity index (χ3n) is 2.88. The third kappa shape index (κ3) is 1.94. The minimum atomic E-state index is 0.148. The van der Waals surface area contributed by atoms with E-state index in [9.17, 15) is 4.79 Å². The fourth-order valence-corrected chi connectivity index (χ4v) is 2.70. The van der Waals surface area contributed by atoms with Gasteiger partial charge in [0.15, 0.2) is 0 Å². The van der Waals surface area contributed by atoms with Crippen LogP contribution in [-0.2, 0) is 11.2 Å². The van der Waals surface area contributed by atoms with Crippen molar-refractivity contribution in [2.75, 3.05) is 17.2 Å². The van der Waals surface area contributed by atoms with Crippen LogP contribution in [0.25, 0.3) is 0 Å². The number of rotatable bonds is 1. The molecule has 0 radical (unpaired) electrons. The summed E-state index contributed by atoms with van der Waals surface area (Å²) in [5, 5.41) is 0. The van der Waals surface area contributed by atoms with Crippen molar-refractivity contribution in [1.82, 2.24) is 0 Å². The fourth-order valence-electron chi connectivity index (χ4n) is 2.18. The fraction of sp³-hybridized carbons (Fsp3) is 0.417. The average Bonchev–Trinajstić information content (AvgIpc) is 2.26. The number of hydrogen-bond donors (Lipinski definition) is 1. The first-order valence-electron chi connectivity index (χ1n) is 5.51. The normalized spacial score (nSPS) is 14.8. The molecule has 1 heterocycles. The van der Waals surface area contributed by atoms with E-state index in [0.29, 0.717) is 12.1 Å². The molecule has 1 amide bonds. The van der Waals surface area contributed by atoms with Gasteiger partial charge in [-0.2, -0.15) is 0 Å². The Kier molecular flexibility index (Phi) is 3.19. The van der Waals surface area contributed by atoms with Gasteiger partial charge in [0.25, 0.3) is 0 Å². The van der Waals surface area contributed by atoms with Gasteiger partial charge in [-0.15, -0.1) is 0 Å². The van der Waals surface area contributed by atoms with E-state index in [4.69, 9.17) is 5.73 Å². The van der Waals surface area contributed by atoms with Crippen molar-refractivity contribution < 1.29 is 4.79 Å². The number of aryl methyl sites for hydroxylation is 1. The van der Waals surface area contributed by atoms with E-state index in [1.807, 2.05) is 17.9 Å². The van der Waals surface area contributed by atoms with Gasteiger partial charge in [-0.25, -0.2) is 0 Å². The van der Waals surface area contributed by atoms with Crippen molar-refractivity contribution in [1.29, 1.82) is 0 Å². The van der Waals surface area contributed by atoms with Gasteiger partial charge < -0.3 is 10.6 Å². The quantitative estimate of drug-likeness (QED) is 0.805. The molecule has 1 aliphatic rings. The number of anilines is 2. The largest absolute Gasteiger partial charge is 0.397 e. The second kappa shape index (κ2) is 4.45. The van der Waals surface area contributed by atoms with Gasteiger partial charge in [0.2, 0.25) is 5.91 Å². The highest BCUT2D eigenvalue weighted by Crippen LogP contribution is 2.35. The van der Waals surface area contributed by atoms with Crippen LogP contribution in [0.3, 0.4) is 0 Å². The van der Waals surface area contributed by atoms with Crippen molar-refractivity contribution >= 4 is 33.2 Å². The Bertz CT molecular complexity index is 431. The van der Waals surface area contributed by atoms with Gasteiger partial charge in [-0.1, -0.05) is 22.9 Å². The van der Waals surface area contributed by atoms with Crippen LogP contribution in [0, 0.1) is 0 Å². The first-order chi connectivity index (χ1) is 7.63. The summed E-state index contributed by atoms with van der Waals surface area (Å²) < 4.78 is 0.981. The highest BCUT2D eigenvalue weighted by atomic mass is 79.9. The van der Waals surface area contributed by atoms with E-state index in [2.05, 4.69) is 22.0 Å². The van der Waals surface area contributed by atoms with Gasteiger partial charge in [0, 0.05) is 17.4 Å². The summed E-state index contributed by atoms with van der Waals surface area (Å²) in [5.74, 6) is 0.148. The number of benzene rings is 1. The maximum absolute atomic E-state index is 11.8. The highest BCUT2D eigenvalue weighted by molar-refractivity contribution is 9.10. The van der Waals surface area contributed by atoms with Crippen molar-refractivity contribution in [2.45, 2.75) is 26.2 Å². The molecule has 1 aromatic carbocycles. The van der Waals surface area contributed by atoms with Gasteiger partial charge in [0.05, 0.1) is 11.4 Å². The summed E-state index contributed by atoms with van der Waals surface area (Å²) in [6.07, 6.45) is 2.52. The molecule has 0 unspecified atom stereocenters. The first-order valence-corrected chi connectivity index (χ1v) is 6.31. The molecule has 4 heteroatoms. The van der Waals surface area contributed by atoms with Crippen LogP contribution < -0.4 is 10.6 Å². The second-order valence-electron chi connectivity index (χ2n) is 4.01. The first kappa shape index (κ1) is 11.5. The molecular weight excluding hydrogens is 268 g/mol. The number of nitrogens with two attached hydrogens (primary N) is 1. The van der Waals surface area contributed by atoms with E-state index < -0.39 is 0 Å². The van der Waals surface area contributed by atoms with Crippen LogP contribution in [0.2, 0.25) is 0 Å². The summed E-state index contributed by atoms with van der Waals surface area (Å²) in [5.41, 5.74) is 8.77. The van der Waals surface area contributed by atoms with Crippen molar-refractivity contribution in [3.05, 3.63) is 22.2 Å². The number of carbonyl (C=O) groups is 1. The van der Waals surface area contributed by atoms with Crippen molar-refractivity contribution in [3.63, 3.8) is 0 Å². The zero-order chi connectivity index (χ0) is 11.7. The topological polar surface area (TPSA) is 46.3 Å². The number of carbonyl (C=O) groups excluding carboxylic acids is 1. The molecule has 0 bridgehead atoms. The highest BCUT2D eigenvalue weighted by Gasteiger charge is 2.23. The van der Waals surface area contributed by atoms with Crippen LogP contribution in [0.15, 0.2) is 16.6 Å². The molecule has 0 aliphatic carbocycles. The summed E-state index contributed by atoms with van der Waals surface area (Å²) in [4.78, 5) is 13.6. The number of nitrogens with zero attached hydrogens (tertiary/aromatic N) is 1. The lowest BCUT2D eigenvalue weighted by Crippen LogP contribution is -2.35. The molecule has 86 valence electrons. The smallest absolute Gasteiger partial charge is 0.226 e. The Morgan fingerprint density at radius 1 is 1.56 bits per heavy atom. The number of hydrogen-bond acceptors (Lipinski definition) is 2. The lowest BCUT2D eigenvalue weighted by molar-refractivity contribution is -0.118. The molecule has 0 spiro atoms. The third-order valence-corrected chi connectivity index (χ3v) is 3.34. The molecule has 2 rings (SSSR count). The zero-order valence-corrected chi connectivity index (χ0v) is 10.9. The van der Waals surface area contributed by atoms with Crippen LogP contribution in [0.1, 0.15) is 25.3 Å². The predicted molar refractivity (Wildman–Crippen MR) is 69.5 cm³/mol. The molecule has 0 aromatic heterocycles. The molecule has 0 atom stereocenters. The van der Waals surface area contributed by atoms with E-state index >= 15 is 0 Å². The summed E-state index contributed by atoms with van der Waals surface area (Å²) in [6, 6.07) is 3.92. The molecule has 2 N–H and O–H groups in total. The van der Waals surface area contributed by atoms with E-state index in [-0.39, 0.29) is 5.91 Å². The molecule has 0 saturated heterocycles. The second-order valence-corrected chi connectivity index (χ2v) is 4.92. The number of amides is 1. The molecule has 0 saturated carbocycles. The Balaban J connectivity index is 2.49. The van der Waals surface area contributed by atoms with E-state index in [1.165, 1.54) is 5.56 Å². The SMILES string of the molecule is CCC(=O)N1CCCc2cc(Br)cc(N)c21. The van der Waals surface area contributed by atoms with Gasteiger partial charge in [0.1, 0.15) is 0 Å². The van der Waals surface area contributed by atoms with Gasteiger partial charge >= 0.3 is 0 Å². The lowest BCUT2D eigenvalue weighted by Gasteiger charge is -2.30. The predicted octanol–water partition coefficient (Wildman–Crippen LogP) is 2.72. The van der Waals surface area contributed by atoms with Gasteiger partial charge in [-0.05, 0) is 30.5 Å². The maximum atomic E-state index is 11.8. The van der Waals surface area contributed by atoms with E-state index in [1.54, 1.807) is 0 Å². The summed E-state index contributed by atoms with van der Waals surface area (Å²) >= 11 is 3.43. The van der Waals surface area contributed by atoms with E-state index in [0.717, 1.165) is 29.5 Å². The van der Waals surface area contributed by atoms with Crippen molar-refractivity contribution in [2.24, 2.45) is 0 Å². The van der Waals surface area contributed by atoms with Crippen LogP contribution in [0.5, 0.6) is 0 Å². The molecule has 0 fully saturated rings. The molecular formula is C12H15BrN2O. The van der Waals surface area contributed by atoms with Crippen LogP contribution >= 0.6 is 15.9 Å². The van der Waals surface area contributed by atoms with Gasteiger partial charge in [-0.3, -0.25) is 4.79 Å². The Labute approximate surface area is 104 Å². The molecule has 16 heavy (non-hydrogen) atoms. The molecule has 1 aromatic rings. The lowest BCUT2D eigenvalue weighted by atomic mass is 10.00. The van der Waals surface area contributed by atoms with Crippen molar-refractivity contribution in [3.8, 4) is 0 Å². The molecule has 1 aliphatic heterocycles. The molecule has 3 nitrogen and oxygen atoms in total. The number of halogens is 1. The summed E-state index contributed by atoms with van der Waals surface area (Å²) in [7, 11) is 0. The Hall–Kier alpha value is -1.03. The minimum absolute atomic E-state index is 0.148. The number of nitrogen functional groups attached to an aromatic ring is 1. The van der Waals surface area contributed by atoms with Crippen LogP contribution in [0.4, 0.5) is 11.4 Å². The maximum Gasteiger partial charge on any atom is 0.226 e. The Morgan fingerprint density at radius 2 is 2.31 bits per heavy atom. The standard InChI is InChI=1S/C12H15BrN2O/c1-2-11(16)15-5-3-4-8-6-9(13)7-10(14)12(8)15/h6-7H,2-5,14H2,1H3.